The smallest absolute Gasteiger partial charge is 0.303 e. The van der Waals surface area contributed by atoms with E-state index in [2.05, 4.69) is 5.32 Å². The zero-order chi connectivity index (χ0) is 17.5. The maximum Gasteiger partial charge on any atom is 0.303 e. The van der Waals surface area contributed by atoms with Crippen molar-refractivity contribution < 1.29 is 13.2 Å². The summed E-state index contributed by atoms with van der Waals surface area (Å²) >= 11 is 0. The summed E-state index contributed by atoms with van der Waals surface area (Å²) in [6.45, 7) is 0. The Labute approximate surface area is 144 Å². The molecule has 0 spiro atoms. The number of nitrogens with one attached hydrogen (secondary N) is 1. The summed E-state index contributed by atoms with van der Waals surface area (Å²) in [4.78, 5) is 12.4. The summed E-state index contributed by atoms with van der Waals surface area (Å²) in [6.07, 6.45) is 4.87. The first kappa shape index (κ1) is 17.2. The lowest BCUT2D eigenvalue weighted by molar-refractivity contribution is 0.0923. The Morgan fingerprint density at radius 1 is 1.08 bits per heavy atom. The van der Waals surface area contributed by atoms with Crippen LogP contribution >= 0.6 is 0 Å². The highest BCUT2D eigenvalue weighted by Crippen LogP contribution is 2.44. The Balaban J connectivity index is 1.67. The molecule has 132 valence electrons. The summed E-state index contributed by atoms with van der Waals surface area (Å²) in [5.41, 5.74) is 1.09. The molecule has 2 saturated carbocycles. The molecule has 7 heteroatoms. The first-order valence-electron chi connectivity index (χ1n) is 8.36. The largest absolute Gasteiger partial charge is 0.349 e. The third-order valence-corrected chi connectivity index (χ3v) is 7.18. The van der Waals surface area contributed by atoms with Crippen molar-refractivity contribution in [3.63, 3.8) is 0 Å². The van der Waals surface area contributed by atoms with Gasteiger partial charge in [0.25, 0.3) is 5.91 Å². The molecule has 1 aromatic carbocycles. The van der Waals surface area contributed by atoms with Crippen molar-refractivity contribution in [2.45, 2.75) is 31.7 Å². The Bertz CT molecular complexity index is 715. The maximum atomic E-state index is 12.4. The molecule has 1 amide bonds. The van der Waals surface area contributed by atoms with Crippen molar-refractivity contribution in [2.75, 3.05) is 25.4 Å². The SMILES string of the molecule is CN(C)S(=O)(=O)N(C)c1ccc(C(=O)NC2CC3CCC2C3)cc1. The van der Waals surface area contributed by atoms with Gasteiger partial charge in [-0.3, -0.25) is 9.10 Å². The van der Waals surface area contributed by atoms with Crippen LogP contribution in [0.3, 0.4) is 0 Å². The number of rotatable bonds is 5. The van der Waals surface area contributed by atoms with Gasteiger partial charge in [0.2, 0.25) is 0 Å². The van der Waals surface area contributed by atoms with Crippen molar-refractivity contribution in [1.82, 2.24) is 9.62 Å². The van der Waals surface area contributed by atoms with E-state index in [1.54, 1.807) is 24.3 Å². The molecule has 2 bridgehead atoms. The molecule has 2 fully saturated rings. The van der Waals surface area contributed by atoms with Crippen LogP contribution in [0, 0.1) is 11.8 Å². The number of benzene rings is 1. The van der Waals surface area contributed by atoms with E-state index in [1.165, 1.54) is 44.7 Å². The van der Waals surface area contributed by atoms with Gasteiger partial charge in [0.1, 0.15) is 0 Å². The molecule has 1 aromatic rings. The van der Waals surface area contributed by atoms with Crippen molar-refractivity contribution in [3.05, 3.63) is 29.8 Å². The highest BCUT2D eigenvalue weighted by Gasteiger charge is 2.40. The van der Waals surface area contributed by atoms with Crippen LogP contribution in [0.4, 0.5) is 5.69 Å². The maximum absolute atomic E-state index is 12.4. The molecular weight excluding hydrogens is 326 g/mol. The number of carbonyl (C=O) groups is 1. The monoisotopic (exact) mass is 351 g/mol. The fourth-order valence-electron chi connectivity index (χ4n) is 3.87. The van der Waals surface area contributed by atoms with Gasteiger partial charge < -0.3 is 5.32 Å². The van der Waals surface area contributed by atoms with Crippen LogP contribution in [0.5, 0.6) is 0 Å². The van der Waals surface area contributed by atoms with Gasteiger partial charge in [-0.15, -0.1) is 0 Å². The van der Waals surface area contributed by atoms with Gasteiger partial charge in [-0.1, -0.05) is 6.42 Å². The minimum atomic E-state index is -3.52. The van der Waals surface area contributed by atoms with E-state index >= 15 is 0 Å². The van der Waals surface area contributed by atoms with E-state index in [-0.39, 0.29) is 5.91 Å². The van der Waals surface area contributed by atoms with Gasteiger partial charge in [0, 0.05) is 32.7 Å². The topological polar surface area (TPSA) is 69.7 Å². The van der Waals surface area contributed by atoms with Crippen molar-refractivity contribution >= 4 is 21.8 Å². The van der Waals surface area contributed by atoms with Crippen LogP contribution in [-0.2, 0) is 10.2 Å². The average Bonchev–Trinajstić information content (AvgIpc) is 3.16. The van der Waals surface area contributed by atoms with Gasteiger partial charge >= 0.3 is 10.2 Å². The molecule has 0 radical (unpaired) electrons. The summed E-state index contributed by atoms with van der Waals surface area (Å²) in [6, 6.07) is 6.99. The summed E-state index contributed by atoms with van der Waals surface area (Å²) in [7, 11) is 0.956. The Kier molecular flexibility index (Phi) is 4.57. The summed E-state index contributed by atoms with van der Waals surface area (Å²) in [5.74, 6) is 1.35. The van der Waals surface area contributed by atoms with Gasteiger partial charge in [0.05, 0.1) is 5.69 Å². The second-order valence-electron chi connectivity index (χ2n) is 7.06. The zero-order valence-corrected chi connectivity index (χ0v) is 15.2. The quantitative estimate of drug-likeness (QED) is 0.880. The Hall–Kier alpha value is -1.60. The molecule has 0 heterocycles. The van der Waals surface area contributed by atoms with E-state index in [4.69, 9.17) is 0 Å². The first-order chi connectivity index (χ1) is 11.3. The van der Waals surface area contributed by atoms with Crippen LogP contribution in [0.1, 0.15) is 36.0 Å². The predicted molar refractivity (Wildman–Crippen MR) is 94.2 cm³/mol. The Morgan fingerprint density at radius 2 is 1.75 bits per heavy atom. The lowest BCUT2D eigenvalue weighted by atomic mass is 9.95. The highest BCUT2D eigenvalue weighted by atomic mass is 32.2. The molecule has 3 unspecified atom stereocenters. The van der Waals surface area contributed by atoms with Gasteiger partial charge in [-0.25, -0.2) is 0 Å². The van der Waals surface area contributed by atoms with E-state index < -0.39 is 10.2 Å². The number of anilines is 1. The van der Waals surface area contributed by atoms with E-state index in [0.717, 1.165) is 16.6 Å². The van der Waals surface area contributed by atoms with E-state index in [1.807, 2.05) is 0 Å². The third-order valence-electron chi connectivity index (χ3n) is 5.36. The van der Waals surface area contributed by atoms with Crippen LogP contribution in [0.2, 0.25) is 0 Å². The zero-order valence-electron chi connectivity index (χ0n) is 14.4. The number of nitrogens with zero attached hydrogens (tertiary/aromatic N) is 2. The predicted octanol–water partition coefficient (Wildman–Crippen LogP) is 1.85. The minimum absolute atomic E-state index is 0.0720. The van der Waals surface area contributed by atoms with Crippen molar-refractivity contribution in [1.29, 1.82) is 0 Å². The highest BCUT2D eigenvalue weighted by molar-refractivity contribution is 7.90. The van der Waals surface area contributed by atoms with Crippen molar-refractivity contribution in [3.8, 4) is 0 Å². The number of fused-ring (bicyclic) bond motifs is 2. The number of amides is 1. The molecule has 0 aromatic heterocycles. The van der Waals surface area contributed by atoms with Crippen LogP contribution < -0.4 is 9.62 Å². The van der Waals surface area contributed by atoms with Crippen LogP contribution in [0.15, 0.2) is 24.3 Å². The molecule has 1 N–H and O–H groups in total. The van der Waals surface area contributed by atoms with Crippen LogP contribution in [-0.4, -0.2) is 45.8 Å². The average molecular weight is 351 g/mol. The standard InChI is InChI=1S/C17H25N3O3S/c1-19(2)24(22,23)20(3)15-8-6-13(7-9-15)17(21)18-16-11-12-4-5-14(16)10-12/h6-9,12,14,16H,4-5,10-11H2,1-3H3,(H,18,21). The minimum Gasteiger partial charge on any atom is -0.349 e. The number of hydrogen-bond donors (Lipinski definition) is 1. The van der Waals surface area contributed by atoms with Gasteiger partial charge in [-0.2, -0.15) is 12.7 Å². The van der Waals surface area contributed by atoms with E-state index in [9.17, 15) is 13.2 Å². The fraction of sp³-hybridized carbons (Fsp3) is 0.588. The lowest BCUT2D eigenvalue weighted by Gasteiger charge is -2.24. The normalized spacial score (nSPS) is 25.9. The molecule has 3 rings (SSSR count). The third kappa shape index (κ3) is 3.15. The van der Waals surface area contributed by atoms with Crippen LogP contribution in [0.25, 0.3) is 0 Å². The fourth-order valence-corrected chi connectivity index (χ4v) is 4.75. The molecule has 24 heavy (non-hydrogen) atoms. The molecule has 3 atom stereocenters. The second kappa shape index (κ2) is 6.37. The first-order valence-corrected chi connectivity index (χ1v) is 9.76. The molecule has 2 aliphatic carbocycles. The summed E-state index contributed by atoms with van der Waals surface area (Å²) in [5, 5.41) is 3.14. The number of carbonyl (C=O) groups excluding carboxylic acids is 1. The Morgan fingerprint density at radius 3 is 2.25 bits per heavy atom. The molecular formula is C17H25N3O3S. The second-order valence-corrected chi connectivity index (χ2v) is 9.23. The summed E-state index contributed by atoms with van der Waals surface area (Å²) < 4.78 is 26.6. The van der Waals surface area contributed by atoms with Gasteiger partial charge in [-0.05, 0) is 55.4 Å². The molecule has 6 nitrogen and oxygen atoms in total. The van der Waals surface area contributed by atoms with E-state index in [0.29, 0.717) is 23.2 Å². The number of hydrogen-bond acceptors (Lipinski definition) is 3. The molecule has 0 aliphatic heterocycles. The van der Waals surface area contributed by atoms with Crippen molar-refractivity contribution in [2.24, 2.45) is 11.8 Å². The molecule has 2 aliphatic rings. The molecule has 0 saturated heterocycles. The van der Waals surface area contributed by atoms with Gasteiger partial charge in [0.15, 0.2) is 0 Å². The lowest BCUT2D eigenvalue weighted by Crippen LogP contribution is -2.38.